The molecule has 1 aromatic rings. The van der Waals surface area contributed by atoms with E-state index in [0.29, 0.717) is 29.1 Å². The second kappa shape index (κ2) is 7.19. The van der Waals surface area contributed by atoms with Crippen molar-refractivity contribution in [2.45, 2.75) is 31.1 Å². The number of nitrogens with zero attached hydrogens (tertiary/aromatic N) is 3. The smallest absolute Gasteiger partial charge is 0.471 e. The fourth-order valence-electron chi connectivity index (χ4n) is 5.29. The van der Waals surface area contributed by atoms with Crippen LogP contribution in [0.2, 0.25) is 0 Å². The minimum absolute atomic E-state index is 0.0519. The standard InChI is InChI=1S/C22H18F3N3O5/c23-22(24,25)21(33)27-10-13-9-12(16(20(31)32)28-15(13)17(27)19(28)30)8-11-6-7-26(18(11)29)14-4-2-1-3-5-14/h1-5,8,13,15,17H,6-7,9-10H2,(H,31,32)/b11-8+/t13-,15-,17+/m1/s1. The minimum atomic E-state index is -5.13. The van der Waals surface area contributed by atoms with Gasteiger partial charge in [0.15, 0.2) is 0 Å². The number of carbonyl (C=O) groups is 4. The zero-order chi connectivity index (χ0) is 23.7. The summed E-state index contributed by atoms with van der Waals surface area (Å²) in [5.41, 5.74) is 0.920. The summed E-state index contributed by atoms with van der Waals surface area (Å²) >= 11 is 0. The Morgan fingerprint density at radius 2 is 1.82 bits per heavy atom. The summed E-state index contributed by atoms with van der Waals surface area (Å²) in [5, 5.41) is 9.78. The van der Waals surface area contributed by atoms with E-state index in [1.54, 1.807) is 29.2 Å². The number of amides is 3. The lowest BCUT2D eigenvalue weighted by Gasteiger charge is -2.49. The molecule has 1 aromatic carbocycles. The number of halogens is 3. The molecule has 0 aromatic heterocycles. The topological polar surface area (TPSA) is 98.2 Å². The van der Waals surface area contributed by atoms with Gasteiger partial charge in [-0.25, -0.2) is 4.79 Å². The summed E-state index contributed by atoms with van der Waals surface area (Å²) in [6.07, 6.45) is -3.27. The van der Waals surface area contributed by atoms with Crippen molar-refractivity contribution < 1.29 is 37.5 Å². The minimum Gasteiger partial charge on any atom is -0.477 e. The van der Waals surface area contributed by atoms with Crippen LogP contribution < -0.4 is 4.90 Å². The highest BCUT2D eigenvalue weighted by molar-refractivity contribution is 6.09. The summed E-state index contributed by atoms with van der Waals surface area (Å²) < 4.78 is 39.0. The maximum absolute atomic E-state index is 13.0. The number of carboxylic acid groups (broad SMARTS) is 1. The Morgan fingerprint density at radius 1 is 1.12 bits per heavy atom. The Morgan fingerprint density at radius 3 is 2.45 bits per heavy atom. The lowest BCUT2D eigenvalue weighted by Crippen LogP contribution is -2.70. The molecule has 3 atom stereocenters. The van der Waals surface area contributed by atoms with E-state index in [0.717, 1.165) is 4.90 Å². The number of anilines is 1. The van der Waals surface area contributed by atoms with Crippen LogP contribution in [0.5, 0.6) is 0 Å². The summed E-state index contributed by atoms with van der Waals surface area (Å²) in [4.78, 5) is 52.5. The molecule has 0 spiro atoms. The first-order valence-electron chi connectivity index (χ1n) is 10.3. The van der Waals surface area contributed by atoms with Gasteiger partial charge in [0.25, 0.3) is 11.8 Å². The Labute approximate surface area is 185 Å². The van der Waals surface area contributed by atoms with Crippen molar-refractivity contribution in [2.75, 3.05) is 18.0 Å². The van der Waals surface area contributed by atoms with Gasteiger partial charge in [-0.15, -0.1) is 0 Å². The lowest BCUT2D eigenvalue weighted by molar-refractivity contribution is -0.190. The molecule has 0 unspecified atom stereocenters. The molecule has 172 valence electrons. The van der Waals surface area contributed by atoms with Crippen molar-refractivity contribution in [3.05, 3.63) is 53.3 Å². The van der Waals surface area contributed by atoms with E-state index in [9.17, 15) is 37.5 Å². The van der Waals surface area contributed by atoms with Gasteiger partial charge in [-0.2, -0.15) is 13.2 Å². The van der Waals surface area contributed by atoms with Crippen molar-refractivity contribution in [1.82, 2.24) is 9.80 Å². The first-order chi connectivity index (χ1) is 15.6. The molecular formula is C22H18F3N3O5. The molecular weight excluding hydrogens is 443 g/mol. The number of carbonyl (C=O) groups excluding carboxylic acids is 3. The van der Waals surface area contributed by atoms with E-state index in [4.69, 9.17) is 0 Å². The van der Waals surface area contributed by atoms with Crippen molar-refractivity contribution >= 4 is 29.4 Å². The van der Waals surface area contributed by atoms with Gasteiger partial charge >= 0.3 is 18.1 Å². The van der Waals surface area contributed by atoms with Gasteiger partial charge in [-0.05, 0) is 36.6 Å². The molecule has 4 heterocycles. The highest BCUT2D eigenvalue weighted by atomic mass is 19.4. The van der Waals surface area contributed by atoms with Gasteiger partial charge in [-0.3, -0.25) is 19.3 Å². The van der Waals surface area contributed by atoms with E-state index < -0.39 is 42.0 Å². The van der Waals surface area contributed by atoms with Gasteiger partial charge in [0.05, 0.1) is 6.04 Å². The van der Waals surface area contributed by atoms with Gasteiger partial charge in [-0.1, -0.05) is 18.2 Å². The van der Waals surface area contributed by atoms with Crippen LogP contribution >= 0.6 is 0 Å². The summed E-state index contributed by atoms with van der Waals surface area (Å²) in [5.74, 6) is -5.20. The van der Waals surface area contributed by atoms with Crippen molar-refractivity contribution in [1.29, 1.82) is 0 Å². The number of allylic oxidation sites excluding steroid dienone is 2. The van der Waals surface area contributed by atoms with Gasteiger partial charge < -0.3 is 14.9 Å². The molecule has 0 radical (unpaired) electrons. The summed E-state index contributed by atoms with van der Waals surface area (Å²) in [6.45, 7) is 0.0918. The third-order valence-corrected chi connectivity index (χ3v) is 6.64. The summed E-state index contributed by atoms with van der Waals surface area (Å²) in [6, 6.07) is 6.82. The number of hydrogen-bond donors (Lipinski definition) is 1. The molecule has 0 saturated carbocycles. The van der Waals surface area contributed by atoms with E-state index in [-0.39, 0.29) is 30.1 Å². The molecule has 1 N–H and O–H groups in total. The number of β-lactam (4-membered cyclic amide) rings is 1. The van der Waals surface area contributed by atoms with Gasteiger partial charge in [0.1, 0.15) is 11.7 Å². The molecule has 8 nitrogen and oxygen atoms in total. The zero-order valence-electron chi connectivity index (χ0n) is 17.1. The average Bonchev–Trinajstić information content (AvgIpc) is 3.31. The molecule has 4 aliphatic heterocycles. The number of likely N-dealkylation sites (tertiary alicyclic amines) is 1. The molecule has 0 aliphatic carbocycles. The third kappa shape index (κ3) is 3.13. The Bertz CT molecular complexity index is 1140. The summed E-state index contributed by atoms with van der Waals surface area (Å²) in [7, 11) is 0. The Kier molecular flexibility index (Phi) is 4.62. The highest BCUT2D eigenvalue weighted by Gasteiger charge is 2.66. The normalized spacial score (nSPS) is 27.9. The fraction of sp³-hybridized carbons (Fsp3) is 0.364. The van der Waals surface area contributed by atoms with Crippen LogP contribution in [0.25, 0.3) is 0 Å². The molecule has 4 aliphatic rings. The van der Waals surface area contributed by atoms with Crippen LogP contribution in [-0.2, 0) is 19.2 Å². The van der Waals surface area contributed by atoms with Crippen LogP contribution in [0.1, 0.15) is 12.8 Å². The lowest BCUT2D eigenvalue weighted by atomic mass is 9.79. The first kappa shape index (κ1) is 21.2. The van der Waals surface area contributed by atoms with Crippen LogP contribution in [0, 0.1) is 5.92 Å². The van der Waals surface area contributed by atoms with Crippen LogP contribution in [0.4, 0.5) is 18.9 Å². The number of hydrogen-bond acceptors (Lipinski definition) is 4. The third-order valence-electron chi connectivity index (χ3n) is 6.64. The highest BCUT2D eigenvalue weighted by Crippen LogP contribution is 2.48. The zero-order valence-corrected chi connectivity index (χ0v) is 17.1. The average molecular weight is 461 g/mol. The molecule has 33 heavy (non-hydrogen) atoms. The van der Waals surface area contributed by atoms with E-state index in [1.807, 2.05) is 6.07 Å². The van der Waals surface area contributed by atoms with Crippen LogP contribution in [-0.4, -0.2) is 69.9 Å². The second-order valence-corrected chi connectivity index (χ2v) is 8.45. The number of para-hydroxylation sites is 1. The van der Waals surface area contributed by atoms with E-state index in [2.05, 4.69) is 0 Å². The van der Waals surface area contributed by atoms with Crippen molar-refractivity contribution in [3.63, 3.8) is 0 Å². The Balaban J connectivity index is 1.46. The monoisotopic (exact) mass is 461 g/mol. The molecule has 3 fully saturated rings. The molecule has 0 bridgehead atoms. The number of aliphatic carboxylic acids is 1. The molecule has 3 saturated heterocycles. The predicted molar refractivity (Wildman–Crippen MR) is 106 cm³/mol. The van der Waals surface area contributed by atoms with Gasteiger partial charge in [0, 0.05) is 30.3 Å². The number of alkyl halides is 3. The largest absolute Gasteiger partial charge is 0.477 e. The molecule has 5 rings (SSSR count). The molecule has 3 amide bonds. The van der Waals surface area contributed by atoms with Crippen LogP contribution in [0.15, 0.2) is 53.3 Å². The van der Waals surface area contributed by atoms with E-state index in [1.165, 1.54) is 6.08 Å². The maximum atomic E-state index is 13.0. The Hall–Kier alpha value is -3.63. The predicted octanol–water partition coefficient (Wildman–Crippen LogP) is 1.69. The molecule has 11 heteroatoms. The number of benzene rings is 1. The SMILES string of the molecule is O=C(O)C1=C(/C=C2\CCN(c3ccccc3)C2=O)C[C@@H]2CN(C(=O)C(F)(F)F)[C@@H]3C(=O)N1[C@H]23. The van der Waals surface area contributed by atoms with Gasteiger partial charge in [0.2, 0.25) is 0 Å². The van der Waals surface area contributed by atoms with Crippen LogP contribution in [0.3, 0.4) is 0 Å². The maximum Gasteiger partial charge on any atom is 0.471 e. The number of carboxylic acids is 1. The number of rotatable bonds is 3. The van der Waals surface area contributed by atoms with Crippen molar-refractivity contribution in [3.8, 4) is 0 Å². The quantitative estimate of drug-likeness (QED) is 0.546. The second-order valence-electron chi connectivity index (χ2n) is 8.45. The van der Waals surface area contributed by atoms with Crippen molar-refractivity contribution in [2.24, 2.45) is 5.92 Å². The van der Waals surface area contributed by atoms with E-state index >= 15 is 0 Å². The fourth-order valence-corrected chi connectivity index (χ4v) is 5.29. The first-order valence-corrected chi connectivity index (χ1v) is 10.3.